The van der Waals surface area contributed by atoms with E-state index in [1.807, 2.05) is 0 Å². The third kappa shape index (κ3) is 5.62. The van der Waals surface area contributed by atoms with Gasteiger partial charge < -0.3 is 4.74 Å². The fourth-order valence-electron chi connectivity index (χ4n) is 2.75. The first-order chi connectivity index (χ1) is 15.2. The lowest BCUT2D eigenvalue weighted by atomic mass is 10.1. The van der Waals surface area contributed by atoms with Gasteiger partial charge >= 0.3 is 12.8 Å². The molecular formula is C22H13F5N2O2S. The smallest absolute Gasteiger partial charge is 0.417 e. The van der Waals surface area contributed by atoms with Gasteiger partial charge in [-0.15, -0.1) is 0 Å². The monoisotopic (exact) mass is 464 g/mol. The molecule has 3 aromatic rings. The van der Waals surface area contributed by atoms with Crippen molar-refractivity contribution in [2.75, 3.05) is 5.75 Å². The summed E-state index contributed by atoms with van der Waals surface area (Å²) in [5, 5.41) is 9.10. The van der Waals surface area contributed by atoms with E-state index >= 15 is 0 Å². The van der Waals surface area contributed by atoms with Crippen LogP contribution in [0.4, 0.5) is 22.0 Å². The minimum absolute atomic E-state index is 0.130. The largest absolute Gasteiger partial charge is 0.435 e. The molecule has 3 rings (SSSR count). The van der Waals surface area contributed by atoms with Crippen molar-refractivity contribution in [3.63, 3.8) is 0 Å². The van der Waals surface area contributed by atoms with Crippen molar-refractivity contribution in [3.05, 3.63) is 77.4 Å². The molecule has 0 radical (unpaired) electrons. The summed E-state index contributed by atoms with van der Waals surface area (Å²) in [5.41, 5.74) is -1.45. The van der Waals surface area contributed by atoms with Gasteiger partial charge in [0.25, 0.3) is 0 Å². The summed E-state index contributed by atoms with van der Waals surface area (Å²) in [7, 11) is 0. The average molecular weight is 464 g/mol. The zero-order valence-corrected chi connectivity index (χ0v) is 16.9. The molecular weight excluding hydrogens is 451 g/mol. The lowest BCUT2D eigenvalue weighted by Crippen LogP contribution is -2.11. The number of ketones is 1. The number of hydrogen-bond donors (Lipinski definition) is 0. The highest BCUT2D eigenvalue weighted by Gasteiger charge is 2.36. The van der Waals surface area contributed by atoms with Gasteiger partial charge in [-0.25, -0.2) is 4.98 Å². The highest BCUT2D eigenvalue weighted by Crippen LogP contribution is 2.38. The number of nitrogens with zero attached hydrogens (tertiary/aromatic N) is 2. The molecule has 1 heterocycles. The number of aromatic nitrogens is 1. The summed E-state index contributed by atoms with van der Waals surface area (Å²) in [4.78, 5) is 16.5. The Morgan fingerprint density at radius 1 is 1.09 bits per heavy atom. The van der Waals surface area contributed by atoms with Gasteiger partial charge in [-0.2, -0.15) is 27.2 Å². The van der Waals surface area contributed by atoms with Gasteiger partial charge in [0.15, 0.2) is 5.78 Å². The second-order valence-corrected chi connectivity index (χ2v) is 7.29. The van der Waals surface area contributed by atoms with Gasteiger partial charge in [0.2, 0.25) is 0 Å². The molecule has 0 saturated carbocycles. The van der Waals surface area contributed by atoms with E-state index in [-0.39, 0.29) is 33.6 Å². The van der Waals surface area contributed by atoms with Crippen LogP contribution in [-0.4, -0.2) is 23.1 Å². The number of Topliss-reactive ketones (excluding diaryl/α,β-unsaturated/α-hetero) is 1. The number of thioether (sulfide) groups is 1. The van der Waals surface area contributed by atoms with Crippen LogP contribution in [0.5, 0.6) is 5.75 Å². The Bertz CT molecular complexity index is 1140. The number of carbonyl (C=O) groups is 1. The van der Waals surface area contributed by atoms with Crippen LogP contribution in [-0.2, 0) is 6.18 Å². The normalized spacial score (nSPS) is 11.3. The predicted octanol–water partition coefficient (Wildman–Crippen LogP) is 6.22. The number of hydrogen-bond acceptors (Lipinski definition) is 5. The molecule has 0 N–H and O–H groups in total. The second-order valence-electron chi connectivity index (χ2n) is 6.33. The molecule has 32 heavy (non-hydrogen) atoms. The van der Waals surface area contributed by atoms with Gasteiger partial charge in [-0.1, -0.05) is 42.1 Å². The van der Waals surface area contributed by atoms with Crippen molar-refractivity contribution in [2.24, 2.45) is 0 Å². The third-order valence-electron chi connectivity index (χ3n) is 4.21. The van der Waals surface area contributed by atoms with Crippen molar-refractivity contribution < 1.29 is 31.5 Å². The number of nitriles is 1. The summed E-state index contributed by atoms with van der Waals surface area (Å²) in [6, 6.07) is 15.3. The van der Waals surface area contributed by atoms with Crippen molar-refractivity contribution in [1.82, 2.24) is 4.98 Å². The van der Waals surface area contributed by atoms with Crippen LogP contribution in [0, 0.1) is 11.3 Å². The maximum absolute atomic E-state index is 13.6. The molecule has 10 heteroatoms. The molecule has 1 aromatic heterocycles. The quantitative estimate of drug-likeness (QED) is 0.236. The number of pyridine rings is 1. The first-order valence-corrected chi connectivity index (χ1v) is 9.96. The topological polar surface area (TPSA) is 63.0 Å². The molecule has 0 bridgehead atoms. The molecule has 0 saturated heterocycles. The Kier molecular flexibility index (Phi) is 7.10. The zero-order valence-electron chi connectivity index (χ0n) is 16.1. The van der Waals surface area contributed by atoms with E-state index < -0.39 is 23.9 Å². The first kappa shape index (κ1) is 23.2. The molecule has 0 fully saturated rings. The van der Waals surface area contributed by atoms with Crippen LogP contribution in [0.15, 0.2) is 65.7 Å². The molecule has 0 unspecified atom stereocenters. The summed E-state index contributed by atoms with van der Waals surface area (Å²) >= 11 is 0.718. The third-order valence-corrected chi connectivity index (χ3v) is 5.19. The maximum Gasteiger partial charge on any atom is 0.417 e. The second kappa shape index (κ2) is 9.78. The Hall–Kier alpha value is -3.45. The summed E-state index contributed by atoms with van der Waals surface area (Å²) < 4.78 is 69.7. The van der Waals surface area contributed by atoms with Crippen molar-refractivity contribution in [1.29, 1.82) is 5.26 Å². The zero-order chi connectivity index (χ0) is 23.3. The molecule has 2 aromatic carbocycles. The van der Waals surface area contributed by atoms with Crippen molar-refractivity contribution in [3.8, 4) is 23.1 Å². The van der Waals surface area contributed by atoms with Crippen molar-refractivity contribution >= 4 is 17.5 Å². The van der Waals surface area contributed by atoms with Gasteiger partial charge in [-0.05, 0) is 30.3 Å². The molecule has 0 aliphatic rings. The lowest BCUT2D eigenvalue weighted by molar-refractivity contribution is -0.138. The number of rotatable bonds is 7. The molecule has 0 amide bonds. The summed E-state index contributed by atoms with van der Waals surface area (Å²) in [5.74, 6) is -0.738. The van der Waals surface area contributed by atoms with E-state index in [1.54, 1.807) is 30.3 Å². The molecule has 0 atom stereocenters. The van der Waals surface area contributed by atoms with E-state index in [1.165, 1.54) is 30.3 Å². The van der Waals surface area contributed by atoms with Crippen LogP contribution in [0.25, 0.3) is 11.3 Å². The minimum atomic E-state index is -4.85. The predicted molar refractivity (Wildman–Crippen MR) is 108 cm³/mol. The van der Waals surface area contributed by atoms with E-state index in [0.717, 1.165) is 11.8 Å². The molecule has 164 valence electrons. The van der Waals surface area contributed by atoms with Crippen LogP contribution < -0.4 is 4.74 Å². The van der Waals surface area contributed by atoms with Gasteiger partial charge in [-0.3, -0.25) is 4.79 Å². The Morgan fingerprint density at radius 3 is 2.31 bits per heavy atom. The van der Waals surface area contributed by atoms with Crippen LogP contribution in [0.2, 0.25) is 0 Å². The minimum Gasteiger partial charge on any atom is -0.435 e. The van der Waals surface area contributed by atoms with Gasteiger partial charge in [0, 0.05) is 11.1 Å². The molecule has 0 aliphatic carbocycles. The fourth-order valence-corrected chi connectivity index (χ4v) is 3.65. The number of halogens is 5. The Labute approximate surface area is 183 Å². The molecule has 0 aliphatic heterocycles. The lowest BCUT2D eigenvalue weighted by Gasteiger charge is -2.14. The average Bonchev–Trinajstić information content (AvgIpc) is 2.77. The van der Waals surface area contributed by atoms with Crippen LogP contribution in [0.1, 0.15) is 21.5 Å². The maximum atomic E-state index is 13.6. The summed E-state index contributed by atoms with van der Waals surface area (Å²) in [6.07, 6.45) is -4.85. The van der Waals surface area contributed by atoms with Gasteiger partial charge in [0.1, 0.15) is 16.8 Å². The van der Waals surface area contributed by atoms with E-state index in [4.69, 9.17) is 0 Å². The highest BCUT2D eigenvalue weighted by molar-refractivity contribution is 8.00. The number of benzene rings is 2. The molecule has 0 spiro atoms. The number of ether oxygens (including phenoxy) is 1. The van der Waals surface area contributed by atoms with Crippen LogP contribution in [0.3, 0.4) is 0 Å². The van der Waals surface area contributed by atoms with E-state index in [0.29, 0.717) is 11.6 Å². The Morgan fingerprint density at radius 2 is 1.75 bits per heavy atom. The standard InChI is InChI=1S/C22H13F5N2O2S/c23-21(24)31-15-8-6-13(7-9-15)18-10-17(22(25,26)27)16(11-28)20(29-18)32-12-19(30)14-4-2-1-3-5-14/h1-10,21H,12H2. The van der Waals surface area contributed by atoms with Crippen molar-refractivity contribution in [2.45, 2.75) is 17.8 Å². The van der Waals surface area contributed by atoms with E-state index in [9.17, 15) is 32.0 Å². The Balaban J connectivity index is 1.98. The first-order valence-electron chi connectivity index (χ1n) is 8.97. The highest BCUT2D eigenvalue weighted by atomic mass is 32.2. The van der Waals surface area contributed by atoms with Crippen LogP contribution >= 0.6 is 11.8 Å². The summed E-state index contributed by atoms with van der Waals surface area (Å²) in [6.45, 7) is -3.05. The van der Waals surface area contributed by atoms with E-state index in [2.05, 4.69) is 9.72 Å². The number of carbonyl (C=O) groups excluding carboxylic acids is 1. The SMILES string of the molecule is N#Cc1c(C(F)(F)F)cc(-c2ccc(OC(F)F)cc2)nc1SCC(=O)c1ccccc1. The molecule has 4 nitrogen and oxygen atoms in total. The number of alkyl halides is 5. The fraction of sp³-hybridized carbons (Fsp3) is 0.136. The van der Waals surface area contributed by atoms with Gasteiger partial charge in [0.05, 0.1) is 22.6 Å².